The van der Waals surface area contributed by atoms with Crippen LogP contribution in [0.1, 0.15) is 12.0 Å². The molecule has 10 heteroatoms. The quantitative estimate of drug-likeness (QED) is 0.299. The summed E-state index contributed by atoms with van der Waals surface area (Å²) in [7, 11) is 1.85. The first-order valence-electron chi connectivity index (χ1n) is 10.1. The van der Waals surface area contributed by atoms with Gasteiger partial charge in [0, 0.05) is 62.9 Å². The molecule has 1 fully saturated rings. The van der Waals surface area contributed by atoms with Crippen LogP contribution in [0, 0.1) is 0 Å². The Hall–Kier alpha value is -2.21. The minimum Gasteiger partial charge on any atom is -0.497 e. The van der Waals surface area contributed by atoms with Gasteiger partial charge in [0.2, 0.25) is 0 Å². The standard InChI is InChI=1S/C22H30N4O4S.HI/c1-23-22(24-14-16-5-7-21(8-6-16)31(4,27)28)25-17-9-10-26(15-17)18-11-19(29-2)13-20(12-18)30-3;/h5-8,11-13,17H,9-10,14-15H2,1-4H3,(H2,23,24,25);1H. The lowest BCUT2D eigenvalue weighted by molar-refractivity contribution is 0.394. The fraction of sp³-hybridized carbons (Fsp3) is 0.409. The minimum atomic E-state index is -3.19. The molecule has 2 N–H and O–H groups in total. The van der Waals surface area contributed by atoms with Crippen LogP contribution in [-0.4, -0.2) is 61.0 Å². The summed E-state index contributed by atoms with van der Waals surface area (Å²) in [6, 6.07) is 13.0. The van der Waals surface area contributed by atoms with Crippen LogP contribution in [0.5, 0.6) is 11.5 Å². The predicted octanol–water partition coefficient (Wildman–Crippen LogP) is 2.67. The first kappa shape index (κ1) is 26.0. The number of ether oxygens (including phenoxy) is 2. The van der Waals surface area contributed by atoms with Gasteiger partial charge in [-0.15, -0.1) is 24.0 Å². The molecule has 1 heterocycles. The van der Waals surface area contributed by atoms with Crippen LogP contribution in [0.4, 0.5) is 5.69 Å². The van der Waals surface area contributed by atoms with E-state index in [1.165, 1.54) is 6.26 Å². The summed E-state index contributed by atoms with van der Waals surface area (Å²) in [4.78, 5) is 6.93. The van der Waals surface area contributed by atoms with Gasteiger partial charge in [-0.2, -0.15) is 0 Å². The van der Waals surface area contributed by atoms with Gasteiger partial charge in [-0.1, -0.05) is 12.1 Å². The van der Waals surface area contributed by atoms with E-state index in [1.54, 1.807) is 33.4 Å². The summed E-state index contributed by atoms with van der Waals surface area (Å²) >= 11 is 0. The molecule has 3 rings (SSSR count). The monoisotopic (exact) mass is 574 g/mol. The van der Waals surface area contributed by atoms with Crippen LogP contribution >= 0.6 is 24.0 Å². The first-order valence-corrected chi connectivity index (χ1v) is 12.0. The highest BCUT2D eigenvalue weighted by atomic mass is 127. The Bertz CT molecular complexity index is 1010. The van der Waals surface area contributed by atoms with E-state index in [4.69, 9.17) is 9.47 Å². The molecular formula is C22H31IN4O4S. The van der Waals surface area contributed by atoms with Crippen LogP contribution in [0.25, 0.3) is 0 Å². The van der Waals surface area contributed by atoms with Gasteiger partial charge in [0.1, 0.15) is 11.5 Å². The third kappa shape index (κ3) is 6.89. The highest BCUT2D eigenvalue weighted by Crippen LogP contribution is 2.30. The van der Waals surface area contributed by atoms with Crippen molar-refractivity contribution in [3.63, 3.8) is 0 Å². The number of aliphatic imine (C=N–C) groups is 1. The van der Waals surface area contributed by atoms with Crippen LogP contribution in [-0.2, 0) is 16.4 Å². The molecule has 1 unspecified atom stereocenters. The smallest absolute Gasteiger partial charge is 0.191 e. The topological polar surface area (TPSA) is 92.3 Å². The summed E-state index contributed by atoms with van der Waals surface area (Å²) in [6.45, 7) is 2.30. The summed E-state index contributed by atoms with van der Waals surface area (Å²) < 4.78 is 33.9. The van der Waals surface area contributed by atoms with Crippen molar-refractivity contribution in [2.75, 3.05) is 45.5 Å². The zero-order valence-corrected chi connectivity index (χ0v) is 21.9. The second-order valence-electron chi connectivity index (χ2n) is 7.49. The summed E-state index contributed by atoms with van der Waals surface area (Å²) in [5.74, 6) is 2.25. The second kappa shape index (κ2) is 11.6. The van der Waals surface area contributed by atoms with Crippen molar-refractivity contribution in [2.24, 2.45) is 4.99 Å². The molecule has 0 bridgehead atoms. The second-order valence-corrected chi connectivity index (χ2v) is 9.50. The minimum absolute atomic E-state index is 0. The normalized spacial score (nSPS) is 16.3. The largest absolute Gasteiger partial charge is 0.497 e. The number of hydrogen-bond donors (Lipinski definition) is 2. The maximum absolute atomic E-state index is 11.6. The number of sulfone groups is 1. The number of hydrogen-bond acceptors (Lipinski definition) is 6. The van der Waals surface area contributed by atoms with E-state index in [9.17, 15) is 8.42 Å². The van der Waals surface area contributed by atoms with E-state index in [-0.39, 0.29) is 30.0 Å². The Balaban J connectivity index is 0.00000363. The Morgan fingerprint density at radius 2 is 1.75 bits per heavy atom. The molecule has 0 aliphatic carbocycles. The maximum atomic E-state index is 11.6. The van der Waals surface area contributed by atoms with Crippen LogP contribution in [0.15, 0.2) is 52.4 Å². The Kier molecular flexibility index (Phi) is 9.44. The van der Waals surface area contributed by atoms with Crippen LogP contribution in [0.2, 0.25) is 0 Å². The molecule has 0 amide bonds. The molecular weight excluding hydrogens is 543 g/mol. The SMILES string of the molecule is CN=C(NCc1ccc(S(C)(=O)=O)cc1)NC1CCN(c2cc(OC)cc(OC)c2)C1.I. The molecule has 0 aromatic heterocycles. The Morgan fingerprint density at radius 3 is 2.28 bits per heavy atom. The fourth-order valence-electron chi connectivity index (χ4n) is 3.52. The van der Waals surface area contributed by atoms with Crippen molar-refractivity contribution in [1.82, 2.24) is 10.6 Å². The number of halogens is 1. The molecule has 1 atom stereocenters. The van der Waals surface area contributed by atoms with E-state index >= 15 is 0 Å². The van der Waals surface area contributed by atoms with E-state index in [0.29, 0.717) is 17.4 Å². The number of anilines is 1. The molecule has 176 valence electrons. The third-order valence-electron chi connectivity index (χ3n) is 5.27. The molecule has 1 aliphatic heterocycles. The lowest BCUT2D eigenvalue weighted by Gasteiger charge is -2.21. The average molecular weight is 574 g/mol. The van der Waals surface area contributed by atoms with E-state index in [0.717, 1.165) is 42.3 Å². The molecule has 1 aliphatic rings. The van der Waals surface area contributed by atoms with Gasteiger partial charge in [0.25, 0.3) is 0 Å². The maximum Gasteiger partial charge on any atom is 0.191 e. The van der Waals surface area contributed by atoms with Gasteiger partial charge in [-0.05, 0) is 24.1 Å². The number of guanidine groups is 1. The highest BCUT2D eigenvalue weighted by Gasteiger charge is 2.24. The number of nitrogens with one attached hydrogen (secondary N) is 2. The molecule has 2 aromatic rings. The van der Waals surface area contributed by atoms with Crippen molar-refractivity contribution in [3.8, 4) is 11.5 Å². The number of benzene rings is 2. The van der Waals surface area contributed by atoms with Gasteiger partial charge in [-0.3, -0.25) is 4.99 Å². The predicted molar refractivity (Wildman–Crippen MR) is 138 cm³/mol. The van der Waals surface area contributed by atoms with Crippen LogP contribution in [0.3, 0.4) is 0 Å². The highest BCUT2D eigenvalue weighted by molar-refractivity contribution is 14.0. The van der Waals surface area contributed by atoms with Gasteiger partial charge < -0.3 is 25.0 Å². The summed E-state index contributed by atoms with van der Waals surface area (Å²) in [5, 5.41) is 6.76. The summed E-state index contributed by atoms with van der Waals surface area (Å²) in [6.07, 6.45) is 2.18. The third-order valence-corrected chi connectivity index (χ3v) is 6.39. The van der Waals surface area contributed by atoms with Crippen molar-refractivity contribution in [1.29, 1.82) is 0 Å². The van der Waals surface area contributed by atoms with E-state index in [2.05, 4.69) is 20.5 Å². The van der Waals surface area contributed by atoms with Crippen molar-refractivity contribution >= 4 is 45.5 Å². The van der Waals surface area contributed by atoms with Crippen molar-refractivity contribution in [3.05, 3.63) is 48.0 Å². The Morgan fingerprint density at radius 1 is 1.12 bits per heavy atom. The average Bonchev–Trinajstić information content (AvgIpc) is 3.24. The zero-order valence-electron chi connectivity index (χ0n) is 18.8. The lowest BCUT2D eigenvalue weighted by Crippen LogP contribution is -2.44. The van der Waals surface area contributed by atoms with Crippen molar-refractivity contribution in [2.45, 2.75) is 23.9 Å². The summed E-state index contributed by atoms with van der Waals surface area (Å²) in [5.41, 5.74) is 2.04. The van der Waals surface area contributed by atoms with Gasteiger partial charge >= 0.3 is 0 Å². The number of nitrogens with zero attached hydrogens (tertiary/aromatic N) is 2. The molecule has 32 heavy (non-hydrogen) atoms. The number of methoxy groups -OCH3 is 2. The van der Waals surface area contributed by atoms with Gasteiger partial charge in [0.15, 0.2) is 15.8 Å². The van der Waals surface area contributed by atoms with Crippen LogP contribution < -0.4 is 25.0 Å². The van der Waals surface area contributed by atoms with Gasteiger partial charge in [-0.25, -0.2) is 8.42 Å². The van der Waals surface area contributed by atoms with Crippen molar-refractivity contribution < 1.29 is 17.9 Å². The zero-order chi connectivity index (χ0) is 22.4. The molecule has 2 aromatic carbocycles. The molecule has 0 saturated carbocycles. The van der Waals surface area contributed by atoms with E-state index < -0.39 is 9.84 Å². The van der Waals surface area contributed by atoms with Gasteiger partial charge in [0.05, 0.1) is 19.1 Å². The molecule has 0 spiro atoms. The first-order chi connectivity index (χ1) is 14.8. The Labute approximate surface area is 207 Å². The molecule has 0 radical (unpaired) electrons. The lowest BCUT2D eigenvalue weighted by atomic mass is 10.2. The number of rotatable bonds is 7. The molecule has 1 saturated heterocycles. The molecule has 8 nitrogen and oxygen atoms in total. The fourth-order valence-corrected chi connectivity index (χ4v) is 4.15. The van der Waals surface area contributed by atoms with E-state index in [1.807, 2.05) is 30.3 Å².